The fourth-order valence-corrected chi connectivity index (χ4v) is 1.01. The second kappa shape index (κ2) is 3.71. The quantitative estimate of drug-likeness (QED) is 0.603. The topological polar surface area (TPSA) is 43.1 Å². The minimum atomic E-state index is -0.200. The van der Waals surface area contributed by atoms with Crippen molar-refractivity contribution >= 4 is 6.29 Å². The van der Waals surface area contributed by atoms with Crippen LogP contribution in [0.15, 0.2) is 0 Å². The molecule has 0 aliphatic heterocycles. The third kappa shape index (κ3) is 2.97. The highest BCUT2D eigenvalue weighted by Gasteiger charge is 2.21. The van der Waals surface area contributed by atoms with E-state index in [2.05, 4.69) is 0 Å². The number of hydrogen-bond acceptors (Lipinski definition) is 2. The Morgan fingerprint density at radius 3 is 2.30 bits per heavy atom. The van der Waals surface area contributed by atoms with E-state index in [9.17, 15) is 4.79 Å². The van der Waals surface area contributed by atoms with Crippen molar-refractivity contribution < 1.29 is 4.79 Å². The molecule has 0 aliphatic carbocycles. The average molecular weight is 143 g/mol. The molecule has 0 aliphatic rings. The minimum absolute atomic E-state index is 0.121. The maximum absolute atomic E-state index is 10.5. The third-order valence-electron chi connectivity index (χ3n) is 1.88. The van der Waals surface area contributed by atoms with E-state index in [1.165, 1.54) is 0 Å². The summed E-state index contributed by atoms with van der Waals surface area (Å²) in [4.78, 5) is 10.5. The van der Waals surface area contributed by atoms with Gasteiger partial charge in [0, 0.05) is 11.5 Å². The summed E-state index contributed by atoms with van der Waals surface area (Å²) >= 11 is 0. The maximum atomic E-state index is 10.5. The Labute approximate surface area is 62.8 Å². The van der Waals surface area contributed by atoms with Gasteiger partial charge < -0.3 is 10.5 Å². The van der Waals surface area contributed by atoms with Gasteiger partial charge in [0.15, 0.2) is 0 Å². The van der Waals surface area contributed by atoms with Gasteiger partial charge in [-0.1, -0.05) is 13.8 Å². The molecule has 0 spiro atoms. The lowest BCUT2D eigenvalue weighted by atomic mass is 9.83. The van der Waals surface area contributed by atoms with Crippen molar-refractivity contribution in [2.45, 2.75) is 39.7 Å². The molecule has 0 heterocycles. The summed E-state index contributed by atoms with van der Waals surface area (Å²) in [6.07, 6.45) is 2.67. The van der Waals surface area contributed by atoms with E-state index in [4.69, 9.17) is 5.73 Å². The molecule has 60 valence electrons. The van der Waals surface area contributed by atoms with E-state index in [0.29, 0.717) is 0 Å². The van der Waals surface area contributed by atoms with Gasteiger partial charge in [-0.3, -0.25) is 0 Å². The predicted octanol–water partition coefficient (Wildman–Crippen LogP) is 1.34. The van der Waals surface area contributed by atoms with Gasteiger partial charge in [-0.05, 0) is 19.8 Å². The largest absolute Gasteiger partial charge is 0.328 e. The van der Waals surface area contributed by atoms with Crippen LogP contribution in [-0.2, 0) is 4.79 Å². The highest BCUT2D eigenvalue weighted by molar-refractivity contribution is 5.58. The molecule has 0 aromatic heterocycles. The molecule has 0 rings (SSSR count). The molecule has 0 aromatic rings. The summed E-state index contributed by atoms with van der Waals surface area (Å²) < 4.78 is 0. The van der Waals surface area contributed by atoms with Crippen LogP contribution >= 0.6 is 0 Å². The monoisotopic (exact) mass is 143 g/mol. The SMILES string of the molecule is CCC(C)(C=O)CC(C)N. The van der Waals surface area contributed by atoms with Crippen molar-refractivity contribution in [3.05, 3.63) is 0 Å². The minimum Gasteiger partial charge on any atom is -0.328 e. The van der Waals surface area contributed by atoms with E-state index < -0.39 is 0 Å². The summed E-state index contributed by atoms with van der Waals surface area (Å²) in [6, 6.07) is 0.121. The van der Waals surface area contributed by atoms with Crippen LogP contribution in [0.3, 0.4) is 0 Å². The first-order valence-electron chi connectivity index (χ1n) is 3.76. The first kappa shape index (κ1) is 9.63. The van der Waals surface area contributed by atoms with Gasteiger partial charge in [0.05, 0.1) is 0 Å². The Bertz CT molecular complexity index is 112. The van der Waals surface area contributed by atoms with Crippen molar-refractivity contribution in [1.29, 1.82) is 0 Å². The molecule has 0 saturated carbocycles. The van der Waals surface area contributed by atoms with Crippen LogP contribution < -0.4 is 5.73 Å². The van der Waals surface area contributed by atoms with Crippen LogP contribution in [0.2, 0.25) is 0 Å². The lowest BCUT2D eigenvalue weighted by molar-refractivity contribution is -0.116. The molecular weight excluding hydrogens is 126 g/mol. The predicted molar refractivity (Wildman–Crippen MR) is 42.7 cm³/mol. The lowest BCUT2D eigenvalue weighted by Gasteiger charge is -2.22. The van der Waals surface area contributed by atoms with Gasteiger partial charge in [0.1, 0.15) is 6.29 Å². The zero-order chi connectivity index (χ0) is 8.20. The summed E-state index contributed by atoms with van der Waals surface area (Å²) in [5, 5.41) is 0. The second-order valence-corrected chi connectivity index (χ2v) is 3.31. The summed E-state index contributed by atoms with van der Waals surface area (Å²) in [6.45, 7) is 5.89. The summed E-state index contributed by atoms with van der Waals surface area (Å²) in [5.41, 5.74) is 5.37. The highest BCUT2D eigenvalue weighted by atomic mass is 16.1. The van der Waals surface area contributed by atoms with Crippen molar-refractivity contribution in [1.82, 2.24) is 0 Å². The number of rotatable bonds is 4. The second-order valence-electron chi connectivity index (χ2n) is 3.31. The first-order chi connectivity index (χ1) is 4.54. The Morgan fingerprint density at radius 1 is 1.70 bits per heavy atom. The van der Waals surface area contributed by atoms with E-state index in [1.807, 2.05) is 20.8 Å². The van der Waals surface area contributed by atoms with E-state index in [0.717, 1.165) is 19.1 Å². The van der Waals surface area contributed by atoms with Crippen LogP contribution in [-0.4, -0.2) is 12.3 Å². The fourth-order valence-electron chi connectivity index (χ4n) is 1.01. The molecule has 0 saturated heterocycles. The molecule has 2 atom stereocenters. The van der Waals surface area contributed by atoms with Gasteiger partial charge in [0.2, 0.25) is 0 Å². The summed E-state index contributed by atoms with van der Waals surface area (Å²) in [7, 11) is 0. The zero-order valence-corrected chi connectivity index (χ0v) is 7.05. The van der Waals surface area contributed by atoms with Crippen molar-refractivity contribution in [2.24, 2.45) is 11.1 Å². The first-order valence-corrected chi connectivity index (χ1v) is 3.76. The average Bonchev–Trinajstić information content (AvgIpc) is 1.87. The molecular formula is C8H17NO. The summed E-state index contributed by atoms with van der Waals surface area (Å²) in [5.74, 6) is 0. The Kier molecular flexibility index (Phi) is 3.58. The normalized spacial score (nSPS) is 19.6. The van der Waals surface area contributed by atoms with Crippen molar-refractivity contribution in [3.8, 4) is 0 Å². The van der Waals surface area contributed by atoms with Crippen LogP contribution in [0.4, 0.5) is 0 Å². The van der Waals surface area contributed by atoms with Gasteiger partial charge in [-0.2, -0.15) is 0 Å². The Morgan fingerprint density at radius 2 is 2.20 bits per heavy atom. The van der Waals surface area contributed by atoms with Gasteiger partial charge in [-0.15, -0.1) is 0 Å². The molecule has 10 heavy (non-hydrogen) atoms. The number of carbonyl (C=O) groups excluding carboxylic acids is 1. The van der Waals surface area contributed by atoms with E-state index in [1.54, 1.807) is 0 Å². The van der Waals surface area contributed by atoms with Gasteiger partial charge in [0.25, 0.3) is 0 Å². The van der Waals surface area contributed by atoms with Crippen molar-refractivity contribution in [2.75, 3.05) is 0 Å². The highest BCUT2D eigenvalue weighted by Crippen LogP contribution is 2.23. The molecule has 0 bridgehead atoms. The molecule has 0 aromatic carbocycles. The van der Waals surface area contributed by atoms with E-state index in [-0.39, 0.29) is 11.5 Å². The number of aldehydes is 1. The van der Waals surface area contributed by atoms with Crippen LogP contribution in [0, 0.1) is 5.41 Å². The van der Waals surface area contributed by atoms with Crippen LogP contribution in [0.1, 0.15) is 33.6 Å². The molecule has 0 fully saturated rings. The molecule has 0 amide bonds. The molecule has 2 heteroatoms. The Hall–Kier alpha value is -0.370. The lowest BCUT2D eigenvalue weighted by Crippen LogP contribution is -2.27. The van der Waals surface area contributed by atoms with Crippen LogP contribution in [0.5, 0.6) is 0 Å². The fraction of sp³-hybridized carbons (Fsp3) is 0.875. The molecule has 2 unspecified atom stereocenters. The third-order valence-corrected chi connectivity index (χ3v) is 1.88. The van der Waals surface area contributed by atoms with Gasteiger partial charge >= 0.3 is 0 Å². The Balaban J connectivity index is 3.92. The molecule has 2 nitrogen and oxygen atoms in total. The van der Waals surface area contributed by atoms with Gasteiger partial charge in [-0.25, -0.2) is 0 Å². The van der Waals surface area contributed by atoms with E-state index >= 15 is 0 Å². The molecule has 0 radical (unpaired) electrons. The maximum Gasteiger partial charge on any atom is 0.125 e. The number of carbonyl (C=O) groups is 1. The smallest absolute Gasteiger partial charge is 0.125 e. The standard InChI is InChI=1S/C8H17NO/c1-4-8(3,6-10)5-7(2)9/h6-7H,4-5,9H2,1-3H3. The van der Waals surface area contributed by atoms with Crippen molar-refractivity contribution in [3.63, 3.8) is 0 Å². The molecule has 2 N–H and O–H groups in total. The number of hydrogen-bond donors (Lipinski definition) is 1. The number of nitrogens with two attached hydrogens (primary N) is 1. The zero-order valence-electron chi connectivity index (χ0n) is 7.05. The van der Waals surface area contributed by atoms with Crippen LogP contribution in [0.25, 0.3) is 0 Å².